The van der Waals surface area contributed by atoms with Gasteiger partial charge in [0, 0.05) is 6.04 Å². The second kappa shape index (κ2) is 5.05. The summed E-state index contributed by atoms with van der Waals surface area (Å²) in [5.74, 6) is -0.242. The van der Waals surface area contributed by atoms with Crippen molar-refractivity contribution >= 4 is 0 Å². The molecule has 0 radical (unpaired) electrons. The second-order valence-corrected chi connectivity index (χ2v) is 3.82. The Labute approximate surface area is 99.5 Å². The van der Waals surface area contributed by atoms with Gasteiger partial charge in [-0.1, -0.05) is 6.92 Å². The van der Waals surface area contributed by atoms with Crippen LogP contribution in [0.25, 0.3) is 5.69 Å². The lowest BCUT2D eigenvalue weighted by molar-refractivity contribution is 0.578. The quantitative estimate of drug-likeness (QED) is 0.880. The molecule has 0 aliphatic carbocycles. The molecule has 90 valence electrons. The number of aromatic nitrogens is 3. The Kier molecular flexibility index (Phi) is 3.49. The molecular formula is C12H15FN4. The topological polar surface area (TPSA) is 42.7 Å². The highest BCUT2D eigenvalue weighted by atomic mass is 19.1. The minimum Gasteiger partial charge on any atom is -0.310 e. The molecule has 17 heavy (non-hydrogen) atoms. The van der Waals surface area contributed by atoms with Gasteiger partial charge in [0.15, 0.2) is 0 Å². The van der Waals surface area contributed by atoms with E-state index in [4.69, 9.17) is 0 Å². The number of halogens is 1. The molecule has 0 fully saturated rings. The van der Waals surface area contributed by atoms with E-state index in [-0.39, 0.29) is 11.9 Å². The van der Waals surface area contributed by atoms with Crippen LogP contribution in [0.2, 0.25) is 0 Å². The molecule has 1 aromatic carbocycles. The van der Waals surface area contributed by atoms with Crippen molar-refractivity contribution in [3.05, 3.63) is 42.2 Å². The molecule has 0 amide bonds. The summed E-state index contributed by atoms with van der Waals surface area (Å²) < 4.78 is 15.0. The van der Waals surface area contributed by atoms with Gasteiger partial charge in [-0.25, -0.2) is 14.1 Å². The Morgan fingerprint density at radius 1 is 1.47 bits per heavy atom. The van der Waals surface area contributed by atoms with Crippen molar-refractivity contribution in [3.63, 3.8) is 0 Å². The monoisotopic (exact) mass is 234 g/mol. The maximum atomic E-state index is 13.3. The van der Waals surface area contributed by atoms with Crippen molar-refractivity contribution in [2.75, 3.05) is 6.54 Å². The maximum Gasteiger partial charge on any atom is 0.138 e. The largest absolute Gasteiger partial charge is 0.310 e. The molecule has 0 spiro atoms. The molecule has 0 saturated carbocycles. The molecule has 1 aromatic heterocycles. The summed E-state index contributed by atoms with van der Waals surface area (Å²) in [5, 5.41) is 7.34. The van der Waals surface area contributed by atoms with E-state index < -0.39 is 0 Å². The summed E-state index contributed by atoms with van der Waals surface area (Å²) in [7, 11) is 0. The van der Waals surface area contributed by atoms with Gasteiger partial charge in [0.25, 0.3) is 0 Å². The van der Waals surface area contributed by atoms with Crippen LogP contribution in [-0.4, -0.2) is 21.3 Å². The molecule has 4 nitrogen and oxygen atoms in total. The lowest BCUT2D eigenvalue weighted by atomic mass is 10.1. The minimum absolute atomic E-state index is 0.0647. The first-order chi connectivity index (χ1) is 8.22. The summed E-state index contributed by atoms with van der Waals surface area (Å²) >= 11 is 0. The lowest BCUT2D eigenvalue weighted by Gasteiger charge is -2.16. The van der Waals surface area contributed by atoms with Gasteiger partial charge in [-0.05, 0) is 37.2 Å². The van der Waals surface area contributed by atoms with Gasteiger partial charge in [-0.15, -0.1) is 0 Å². The lowest BCUT2D eigenvalue weighted by Crippen LogP contribution is -2.19. The van der Waals surface area contributed by atoms with Gasteiger partial charge in [0.1, 0.15) is 18.5 Å². The van der Waals surface area contributed by atoms with Crippen molar-refractivity contribution in [1.82, 2.24) is 20.1 Å². The number of nitrogens with one attached hydrogen (secondary N) is 1. The fraction of sp³-hybridized carbons (Fsp3) is 0.333. The first-order valence-corrected chi connectivity index (χ1v) is 5.60. The first-order valence-electron chi connectivity index (χ1n) is 5.60. The van der Waals surface area contributed by atoms with E-state index in [1.54, 1.807) is 17.1 Å². The Balaban J connectivity index is 2.44. The molecule has 2 rings (SSSR count). The highest BCUT2D eigenvalue weighted by Crippen LogP contribution is 2.21. The molecule has 0 aliphatic heterocycles. The van der Waals surface area contributed by atoms with Crippen molar-refractivity contribution in [2.45, 2.75) is 19.9 Å². The van der Waals surface area contributed by atoms with E-state index in [0.29, 0.717) is 0 Å². The Morgan fingerprint density at radius 2 is 2.29 bits per heavy atom. The molecule has 5 heteroatoms. The smallest absolute Gasteiger partial charge is 0.138 e. The van der Waals surface area contributed by atoms with Gasteiger partial charge in [-0.3, -0.25) is 0 Å². The number of hydrogen-bond donors (Lipinski definition) is 1. The number of benzene rings is 1. The molecule has 2 aromatic rings. The van der Waals surface area contributed by atoms with E-state index in [1.165, 1.54) is 18.5 Å². The van der Waals surface area contributed by atoms with Crippen LogP contribution in [0.5, 0.6) is 0 Å². The highest BCUT2D eigenvalue weighted by Gasteiger charge is 2.12. The molecule has 1 atom stereocenters. The predicted octanol–water partition coefficient (Wildman–Crippen LogP) is 2.08. The third-order valence-corrected chi connectivity index (χ3v) is 2.63. The van der Waals surface area contributed by atoms with E-state index in [1.807, 2.05) is 13.8 Å². The summed E-state index contributed by atoms with van der Waals surface area (Å²) in [5.41, 5.74) is 1.72. The van der Waals surface area contributed by atoms with Gasteiger partial charge in [-0.2, -0.15) is 5.10 Å². The van der Waals surface area contributed by atoms with Crippen molar-refractivity contribution < 1.29 is 4.39 Å². The van der Waals surface area contributed by atoms with Crippen LogP contribution in [0.1, 0.15) is 25.5 Å². The number of nitrogens with zero attached hydrogens (tertiary/aromatic N) is 3. The maximum absolute atomic E-state index is 13.3. The molecule has 0 aliphatic rings. The average Bonchev–Trinajstić information content (AvgIpc) is 2.82. The third kappa shape index (κ3) is 2.50. The van der Waals surface area contributed by atoms with E-state index in [2.05, 4.69) is 15.4 Å². The number of hydrogen-bond acceptors (Lipinski definition) is 3. The summed E-state index contributed by atoms with van der Waals surface area (Å²) in [4.78, 5) is 3.91. The highest BCUT2D eigenvalue weighted by molar-refractivity contribution is 5.42. The van der Waals surface area contributed by atoms with Crippen LogP contribution in [0.4, 0.5) is 4.39 Å². The number of rotatable bonds is 4. The zero-order chi connectivity index (χ0) is 12.3. The molecule has 0 bridgehead atoms. The molecular weight excluding hydrogens is 219 g/mol. The van der Waals surface area contributed by atoms with Crippen LogP contribution in [0.3, 0.4) is 0 Å². The normalized spacial score (nSPS) is 12.6. The van der Waals surface area contributed by atoms with Gasteiger partial charge in [0.2, 0.25) is 0 Å². The Morgan fingerprint density at radius 3 is 2.94 bits per heavy atom. The zero-order valence-electron chi connectivity index (χ0n) is 9.89. The standard InChI is InChI=1S/C12H15FN4/c1-3-15-9(2)11-6-10(13)4-5-12(11)17-8-14-7-16-17/h4-9,15H,3H2,1-2H3. The summed E-state index contributed by atoms with van der Waals surface area (Å²) in [6, 6.07) is 4.74. The SMILES string of the molecule is CCNC(C)c1cc(F)ccc1-n1cncn1. The first kappa shape index (κ1) is 11.7. The fourth-order valence-corrected chi connectivity index (χ4v) is 1.83. The zero-order valence-corrected chi connectivity index (χ0v) is 9.89. The fourth-order valence-electron chi connectivity index (χ4n) is 1.83. The molecule has 0 saturated heterocycles. The molecule has 1 heterocycles. The van der Waals surface area contributed by atoms with Gasteiger partial charge < -0.3 is 5.32 Å². The van der Waals surface area contributed by atoms with Crippen molar-refractivity contribution in [1.29, 1.82) is 0 Å². The summed E-state index contributed by atoms with van der Waals surface area (Å²) in [6.07, 6.45) is 3.07. The summed E-state index contributed by atoms with van der Waals surface area (Å²) in [6.45, 7) is 4.85. The van der Waals surface area contributed by atoms with Gasteiger partial charge >= 0.3 is 0 Å². The van der Waals surface area contributed by atoms with Gasteiger partial charge in [0.05, 0.1) is 5.69 Å². The third-order valence-electron chi connectivity index (χ3n) is 2.63. The van der Waals surface area contributed by atoms with E-state index >= 15 is 0 Å². The van der Waals surface area contributed by atoms with Crippen LogP contribution in [0, 0.1) is 5.82 Å². The van der Waals surface area contributed by atoms with Crippen LogP contribution in [0.15, 0.2) is 30.9 Å². The van der Waals surface area contributed by atoms with Crippen molar-refractivity contribution in [2.24, 2.45) is 0 Å². The van der Waals surface area contributed by atoms with Crippen LogP contribution >= 0.6 is 0 Å². The van der Waals surface area contributed by atoms with Crippen LogP contribution in [-0.2, 0) is 0 Å². The van der Waals surface area contributed by atoms with Crippen molar-refractivity contribution in [3.8, 4) is 5.69 Å². The predicted molar refractivity (Wildman–Crippen MR) is 63.4 cm³/mol. The minimum atomic E-state index is -0.242. The van der Waals surface area contributed by atoms with Crippen LogP contribution < -0.4 is 5.32 Å². The molecule has 1 unspecified atom stereocenters. The Hall–Kier alpha value is -1.75. The molecule has 1 N–H and O–H groups in total. The van der Waals surface area contributed by atoms with E-state index in [9.17, 15) is 4.39 Å². The Bertz CT molecular complexity index is 481. The average molecular weight is 234 g/mol. The second-order valence-electron chi connectivity index (χ2n) is 3.82. The van der Waals surface area contributed by atoms with E-state index in [0.717, 1.165) is 17.8 Å².